The SMILES string of the molecule is COc1ccccc1COc1ccc(Cl)c(C(=O)O)c1. The summed E-state index contributed by atoms with van der Waals surface area (Å²) in [6.45, 7) is 0.282. The zero-order valence-corrected chi connectivity index (χ0v) is 11.6. The third-order valence-corrected chi connectivity index (χ3v) is 3.08. The third-order valence-electron chi connectivity index (χ3n) is 2.76. The van der Waals surface area contributed by atoms with Crippen LogP contribution in [0.25, 0.3) is 0 Å². The highest BCUT2D eigenvalue weighted by Crippen LogP contribution is 2.24. The Morgan fingerprint density at radius 3 is 2.70 bits per heavy atom. The number of carboxylic acids is 1. The van der Waals surface area contributed by atoms with Gasteiger partial charge in [0.1, 0.15) is 18.1 Å². The first-order chi connectivity index (χ1) is 9.61. The third kappa shape index (κ3) is 3.22. The number of hydrogen-bond acceptors (Lipinski definition) is 3. The van der Waals surface area contributed by atoms with E-state index in [0.717, 1.165) is 11.3 Å². The average molecular weight is 293 g/mol. The van der Waals surface area contributed by atoms with Gasteiger partial charge in [-0.05, 0) is 24.3 Å². The van der Waals surface area contributed by atoms with Crippen molar-refractivity contribution in [2.45, 2.75) is 6.61 Å². The van der Waals surface area contributed by atoms with Crippen LogP contribution in [0.15, 0.2) is 42.5 Å². The fourth-order valence-electron chi connectivity index (χ4n) is 1.74. The number of methoxy groups -OCH3 is 1. The van der Waals surface area contributed by atoms with E-state index in [0.29, 0.717) is 5.75 Å². The minimum atomic E-state index is -1.09. The number of halogens is 1. The van der Waals surface area contributed by atoms with Crippen molar-refractivity contribution in [3.8, 4) is 11.5 Å². The van der Waals surface area contributed by atoms with Gasteiger partial charge in [-0.3, -0.25) is 0 Å². The molecule has 0 aromatic heterocycles. The van der Waals surface area contributed by atoms with Crippen molar-refractivity contribution in [3.63, 3.8) is 0 Å². The molecule has 2 aromatic rings. The molecule has 0 heterocycles. The van der Waals surface area contributed by atoms with E-state index >= 15 is 0 Å². The van der Waals surface area contributed by atoms with Crippen LogP contribution in [0.3, 0.4) is 0 Å². The van der Waals surface area contributed by atoms with Crippen molar-refractivity contribution in [2.75, 3.05) is 7.11 Å². The molecular formula is C15H13ClO4. The van der Waals surface area contributed by atoms with Gasteiger partial charge in [-0.15, -0.1) is 0 Å². The topological polar surface area (TPSA) is 55.8 Å². The van der Waals surface area contributed by atoms with Gasteiger partial charge in [-0.2, -0.15) is 0 Å². The molecule has 0 unspecified atom stereocenters. The molecule has 2 aromatic carbocycles. The molecule has 0 atom stereocenters. The standard InChI is InChI=1S/C15H13ClO4/c1-19-14-5-3-2-4-10(14)9-20-11-6-7-13(16)12(8-11)15(17)18/h2-8H,9H2,1H3,(H,17,18). The molecule has 0 fully saturated rings. The van der Waals surface area contributed by atoms with Crippen molar-refractivity contribution in [3.05, 3.63) is 58.6 Å². The number of para-hydroxylation sites is 1. The van der Waals surface area contributed by atoms with Gasteiger partial charge >= 0.3 is 5.97 Å². The summed E-state index contributed by atoms with van der Waals surface area (Å²) in [7, 11) is 1.59. The molecule has 0 saturated carbocycles. The van der Waals surface area contributed by atoms with Crippen LogP contribution in [0.5, 0.6) is 11.5 Å². The number of hydrogen-bond donors (Lipinski definition) is 1. The van der Waals surface area contributed by atoms with Crippen LogP contribution in [0, 0.1) is 0 Å². The van der Waals surface area contributed by atoms with Gasteiger partial charge in [-0.25, -0.2) is 4.79 Å². The van der Waals surface area contributed by atoms with Crippen LogP contribution < -0.4 is 9.47 Å². The number of benzene rings is 2. The molecule has 4 nitrogen and oxygen atoms in total. The molecule has 0 radical (unpaired) electrons. The van der Waals surface area contributed by atoms with E-state index in [1.54, 1.807) is 13.2 Å². The Bertz CT molecular complexity index is 625. The van der Waals surface area contributed by atoms with Gasteiger partial charge in [0, 0.05) is 5.56 Å². The maximum atomic E-state index is 11.0. The lowest BCUT2D eigenvalue weighted by Gasteiger charge is -2.10. The quantitative estimate of drug-likeness (QED) is 0.914. The Hall–Kier alpha value is -2.20. The molecule has 1 N–H and O–H groups in total. The molecule has 20 heavy (non-hydrogen) atoms. The molecule has 0 spiro atoms. The first-order valence-corrected chi connectivity index (χ1v) is 6.27. The predicted octanol–water partition coefficient (Wildman–Crippen LogP) is 3.63. The highest BCUT2D eigenvalue weighted by molar-refractivity contribution is 6.33. The summed E-state index contributed by atoms with van der Waals surface area (Å²) >= 11 is 5.80. The predicted molar refractivity (Wildman–Crippen MR) is 75.7 cm³/mol. The zero-order valence-electron chi connectivity index (χ0n) is 10.8. The summed E-state index contributed by atoms with van der Waals surface area (Å²) in [4.78, 5) is 11.0. The number of carbonyl (C=O) groups is 1. The van der Waals surface area contributed by atoms with E-state index in [1.807, 2.05) is 24.3 Å². The summed E-state index contributed by atoms with van der Waals surface area (Å²) in [5.41, 5.74) is 0.894. The number of rotatable bonds is 5. The van der Waals surface area contributed by atoms with Crippen molar-refractivity contribution in [2.24, 2.45) is 0 Å². The smallest absolute Gasteiger partial charge is 0.337 e. The Labute approximate surface area is 121 Å². The van der Waals surface area contributed by atoms with E-state index in [2.05, 4.69) is 0 Å². The lowest BCUT2D eigenvalue weighted by Crippen LogP contribution is -2.01. The van der Waals surface area contributed by atoms with Crippen LogP contribution in [0.1, 0.15) is 15.9 Å². The lowest BCUT2D eigenvalue weighted by molar-refractivity contribution is 0.0696. The Kier molecular flexibility index (Phi) is 4.48. The van der Waals surface area contributed by atoms with E-state index in [1.165, 1.54) is 12.1 Å². The molecule has 104 valence electrons. The Morgan fingerprint density at radius 1 is 1.25 bits per heavy atom. The highest BCUT2D eigenvalue weighted by atomic mass is 35.5. The van der Waals surface area contributed by atoms with Crippen LogP contribution in [-0.4, -0.2) is 18.2 Å². The molecule has 0 bridgehead atoms. The van der Waals surface area contributed by atoms with Gasteiger partial charge in [0.05, 0.1) is 17.7 Å². The highest BCUT2D eigenvalue weighted by Gasteiger charge is 2.10. The molecule has 5 heteroatoms. The van der Waals surface area contributed by atoms with Crippen molar-refractivity contribution in [1.82, 2.24) is 0 Å². The number of carboxylic acid groups (broad SMARTS) is 1. The largest absolute Gasteiger partial charge is 0.496 e. The van der Waals surface area contributed by atoms with Crippen molar-refractivity contribution < 1.29 is 19.4 Å². The molecule has 0 saturated heterocycles. The van der Waals surface area contributed by atoms with Gasteiger partial charge in [0.2, 0.25) is 0 Å². The zero-order chi connectivity index (χ0) is 14.5. The lowest BCUT2D eigenvalue weighted by atomic mass is 10.2. The van der Waals surface area contributed by atoms with E-state index in [-0.39, 0.29) is 17.2 Å². The molecular weight excluding hydrogens is 280 g/mol. The van der Waals surface area contributed by atoms with Gasteiger partial charge in [0.25, 0.3) is 0 Å². The first-order valence-electron chi connectivity index (χ1n) is 5.89. The summed E-state index contributed by atoms with van der Waals surface area (Å²) in [5, 5.41) is 9.18. The van der Waals surface area contributed by atoms with Crippen LogP contribution in [0.2, 0.25) is 5.02 Å². The van der Waals surface area contributed by atoms with Crippen LogP contribution in [0.4, 0.5) is 0 Å². The van der Waals surface area contributed by atoms with Crippen molar-refractivity contribution >= 4 is 17.6 Å². The Morgan fingerprint density at radius 2 is 2.00 bits per heavy atom. The van der Waals surface area contributed by atoms with E-state index in [4.69, 9.17) is 26.2 Å². The van der Waals surface area contributed by atoms with E-state index in [9.17, 15) is 4.79 Å². The molecule has 0 amide bonds. The number of aromatic carboxylic acids is 1. The second-order valence-corrected chi connectivity index (χ2v) is 4.45. The summed E-state index contributed by atoms with van der Waals surface area (Å²) < 4.78 is 10.8. The average Bonchev–Trinajstić information content (AvgIpc) is 2.46. The molecule has 0 aliphatic carbocycles. The van der Waals surface area contributed by atoms with E-state index < -0.39 is 5.97 Å². The minimum absolute atomic E-state index is 0.0178. The van der Waals surface area contributed by atoms with Gasteiger partial charge < -0.3 is 14.6 Å². The molecule has 0 aliphatic heterocycles. The second kappa shape index (κ2) is 6.30. The van der Waals surface area contributed by atoms with Crippen LogP contribution in [-0.2, 0) is 6.61 Å². The van der Waals surface area contributed by atoms with Crippen molar-refractivity contribution in [1.29, 1.82) is 0 Å². The maximum Gasteiger partial charge on any atom is 0.337 e. The Balaban J connectivity index is 2.15. The fourth-order valence-corrected chi connectivity index (χ4v) is 1.94. The molecule has 0 aliphatic rings. The van der Waals surface area contributed by atoms with Gasteiger partial charge in [0.15, 0.2) is 0 Å². The second-order valence-electron chi connectivity index (χ2n) is 4.05. The summed E-state index contributed by atoms with van der Waals surface area (Å²) in [5.74, 6) is 0.0790. The first kappa shape index (κ1) is 14.2. The monoisotopic (exact) mass is 292 g/mol. The number of ether oxygens (including phenoxy) is 2. The van der Waals surface area contributed by atoms with Crippen LogP contribution >= 0.6 is 11.6 Å². The maximum absolute atomic E-state index is 11.0. The van der Waals surface area contributed by atoms with Gasteiger partial charge in [-0.1, -0.05) is 29.8 Å². The summed E-state index contributed by atoms with van der Waals surface area (Å²) in [6.07, 6.45) is 0. The summed E-state index contributed by atoms with van der Waals surface area (Å²) in [6, 6.07) is 12.0. The fraction of sp³-hybridized carbons (Fsp3) is 0.133. The normalized spacial score (nSPS) is 10.1. The minimum Gasteiger partial charge on any atom is -0.496 e. The molecule has 2 rings (SSSR count).